The smallest absolute Gasteiger partial charge is 0.266 e. The number of thiazole rings is 1. The fourth-order valence-corrected chi connectivity index (χ4v) is 6.31. The Morgan fingerprint density at radius 3 is 2.75 bits per heavy atom. The molecule has 9 heteroatoms. The van der Waals surface area contributed by atoms with E-state index in [2.05, 4.69) is 41.8 Å². The minimum absolute atomic E-state index is 0.357. The molecule has 0 saturated carbocycles. The second-order valence-corrected chi connectivity index (χ2v) is 11.2. The molecule has 1 aromatic heterocycles. The third kappa shape index (κ3) is 4.53. The number of sulfonamides is 1. The van der Waals surface area contributed by atoms with Gasteiger partial charge in [0.2, 0.25) is 10.0 Å². The summed E-state index contributed by atoms with van der Waals surface area (Å²) in [6, 6.07) is 3.58. The highest BCUT2D eigenvalue weighted by molar-refractivity contribution is 7.98. The van der Waals surface area contributed by atoms with Gasteiger partial charge in [-0.15, -0.1) is 0 Å². The number of aryl methyl sites for hydroxylation is 3. The predicted octanol–water partition coefficient (Wildman–Crippen LogP) is 2.92. The first kappa shape index (κ1) is 21.5. The predicted molar refractivity (Wildman–Crippen MR) is 117 cm³/mol. The van der Waals surface area contributed by atoms with Crippen LogP contribution in [0.1, 0.15) is 30.4 Å². The monoisotopic (exact) mass is 441 g/mol. The zero-order chi connectivity index (χ0) is 20.5. The summed E-state index contributed by atoms with van der Waals surface area (Å²) in [7, 11) is -3.43. The van der Waals surface area contributed by atoms with Crippen LogP contribution in [0.4, 0.5) is 0 Å². The van der Waals surface area contributed by atoms with Crippen LogP contribution in [-0.2, 0) is 21.4 Å². The minimum Gasteiger partial charge on any atom is -0.315 e. The van der Waals surface area contributed by atoms with Crippen molar-refractivity contribution in [2.75, 3.05) is 24.8 Å². The van der Waals surface area contributed by atoms with Gasteiger partial charge in [0.05, 0.1) is 16.5 Å². The van der Waals surface area contributed by atoms with E-state index >= 15 is 0 Å². The summed E-state index contributed by atoms with van der Waals surface area (Å²) in [5.74, 6) is 0.558. The fraction of sp³-hybridized carbons (Fsp3) is 0.579. The maximum Gasteiger partial charge on any atom is 0.266 e. The zero-order valence-corrected chi connectivity index (χ0v) is 19.2. The maximum atomic E-state index is 13.0. The molecule has 1 fully saturated rings. The van der Waals surface area contributed by atoms with Crippen molar-refractivity contribution in [3.05, 3.63) is 28.1 Å². The van der Waals surface area contributed by atoms with Crippen LogP contribution in [-0.4, -0.2) is 54.0 Å². The number of nitrogens with zero attached hydrogens (tertiary/aromatic N) is 3. The number of hydrogen-bond donors (Lipinski definition) is 0. The molecule has 0 radical (unpaired) electrons. The van der Waals surface area contributed by atoms with Gasteiger partial charge in [0, 0.05) is 18.8 Å². The molecule has 0 N–H and O–H groups in total. The first-order valence-corrected chi connectivity index (χ1v) is 13.4. The number of thioether (sulfide) groups is 1. The van der Waals surface area contributed by atoms with Crippen LogP contribution in [0.15, 0.2) is 17.1 Å². The van der Waals surface area contributed by atoms with Crippen LogP contribution < -0.4 is 4.80 Å². The van der Waals surface area contributed by atoms with Crippen LogP contribution >= 0.6 is 23.1 Å². The number of benzene rings is 1. The lowest BCUT2D eigenvalue weighted by molar-refractivity contribution is -0.122. The molecule has 2 heterocycles. The number of carbonyl (C=O) groups excluding carboxylic acids is 1. The van der Waals surface area contributed by atoms with Crippen molar-refractivity contribution in [3.8, 4) is 0 Å². The first-order valence-electron chi connectivity index (χ1n) is 9.37. The highest BCUT2D eigenvalue weighted by Gasteiger charge is 2.34. The van der Waals surface area contributed by atoms with Crippen LogP contribution in [0.3, 0.4) is 0 Å². The Kier molecular flexibility index (Phi) is 6.69. The summed E-state index contributed by atoms with van der Waals surface area (Å²) in [5.41, 5.74) is 3.43. The molecule has 1 aliphatic rings. The Morgan fingerprint density at radius 2 is 2.07 bits per heavy atom. The molecule has 1 atom stereocenters. The Balaban J connectivity index is 2.09. The van der Waals surface area contributed by atoms with Crippen molar-refractivity contribution in [2.24, 2.45) is 4.99 Å². The average Bonchev–Trinajstić information content (AvgIpc) is 2.96. The standard InChI is InChI=1S/C19H27N3O3S3/c1-13-11-14(2)17-16(12-13)21(9-10-26-3)19(27-17)20-18(23)15-7-5-6-8-22(15)28(4,24)25/h11-12,15H,5-10H2,1-4H3. The Labute approximate surface area is 174 Å². The molecule has 1 aliphatic heterocycles. The van der Waals surface area contributed by atoms with E-state index in [1.807, 2.05) is 0 Å². The van der Waals surface area contributed by atoms with Crippen molar-refractivity contribution in [2.45, 2.75) is 45.7 Å². The Hall–Kier alpha value is -1.16. The number of rotatable bonds is 5. The number of hydrogen-bond acceptors (Lipinski definition) is 5. The summed E-state index contributed by atoms with van der Waals surface area (Å²) in [6.07, 6.45) is 5.38. The highest BCUT2D eigenvalue weighted by atomic mass is 32.2. The molecule has 154 valence electrons. The lowest BCUT2D eigenvalue weighted by Crippen LogP contribution is -2.47. The average molecular weight is 442 g/mol. The molecule has 0 aliphatic carbocycles. The zero-order valence-electron chi connectivity index (χ0n) is 16.8. The Morgan fingerprint density at radius 1 is 1.32 bits per heavy atom. The molecule has 1 aromatic carbocycles. The lowest BCUT2D eigenvalue weighted by Gasteiger charge is -2.31. The molecule has 28 heavy (non-hydrogen) atoms. The summed E-state index contributed by atoms with van der Waals surface area (Å²) in [5, 5.41) is 0. The normalized spacial score (nSPS) is 19.4. The van der Waals surface area contributed by atoms with E-state index in [0.29, 0.717) is 17.8 Å². The number of aromatic nitrogens is 1. The summed E-state index contributed by atoms with van der Waals surface area (Å²) in [6.45, 7) is 5.29. The van der Waals surface area contributed by atoms with Crippen LogP contribution in [0.5, 0.6) is 0 Å². The fourth-order valence-electron chi connectivity index (χ4n) is 3.71. The van der Waals surface area contributed by atoms with Gasteiger partial charge in [-0.2, -0.15) is 21.1 Å². The maximum absolute atomic E-state index is 13.0. The quantitative estimate of drug-likeness (QED) is 0.715. The van der Waals surface area contributed by atoms with Crippen molar-refractivity contribution >= 4 is 49.2 Å². The van der Waals surface area contributed by atoms with E-state index in [9.17, 15) is 13.2 Å². The van der Waals surface area contributed by atoms with E-state index in [4.69, 9.17) is 0 Å². The van der Waals surface area contributed by atoms with E-state index in [-0.39, 0.29) is 5.91 Å². The van der Waals surface area contributed by atoms with Crippen molar-refractivity contribution in [1.29, 1.82) is 0 Å². The third-order valence-electron chi connectivity index (χ3n) is 5.00. The van der Waals surface area contributed by atoms with Crippen molar-refractivity contribution < 1.29 is 13.2 Å². The molecular formula is C19H27N3O3S3. The van der Waals surface area contributed by atoms with Gasteiger partial charge in [0.1, 0.15) is 6.04 Å². The van der Waals surface area contributed by atoms with Gasteiger partial charge in [0.15, 0.2) is 4.80 Å². The molecule has 1 amide bonds. The molecule has 2 aromatic rings. The Bertz CT molecular complexity index is 1050. The van der Waals surface area contributed by atoms with Crippen LogP contribution in [0.25, 0.3) is 10.2 Å². The topological polar surface area (TPSA) is 71.7 Å². The van der Waals surface area contributed by atoms with Gasteiger partial charge < -0.3 is 4.57 Å². The molecule has 3 rings (SSSR count). The van der Waals surface area contributed by atoms with Crippen molar-refractivity contribution in [3.63, 3.8) is 0 Å². The number of piperidine rings is 1. The largest absolute Gasteiger partial charge is 0.315 e. The van der Waals surface area contributed by atoms with Gasteiger partial charge in [0.25, 0.3) is 5.91 Å². The molecule has 0 bridgehead atoms. The van der Waals surface area contributed by atoms with E-state index in [1.165, 1.54) is 33.0 Å². The van der Waals surface area contributed by atoms with Crippen LogP contribution in [0, 0.1) is 13.8 Å². The molecule has 1 saturated heterocycles. The van der Waals surface area contributed by atoms with Gasteiger partial charge in [-0.1, -0.05) is 23.8 Å². The molecule has 6 nitrogen and oxygen atoms in total. The molecule has 1 unspecified atom stereocenters. The first-order chi connectivity index (χ1) is 13.2. The SMILES string of the molecule is CSCCn1c(=NC(=O)C2CCCCN2S(C)(=O)=O)sc2c(C)cc(C)cc21. The summed E-state index contributed by atoms with van der Waals surface area (Å²) < 4.78 is 28.8. The van der Waals surface area contributed by atoms with Gasteiger partial charge >= 0.3 is 0 Å². The van der Waals surface area contributed by atoms with E-state index in [0.717, 1.165) is 35.4 Å². The second-order valence-electron chi connectivity index (χ2n) is 7.29. The van der Waals surface area contributed by atoms with Gasteiger partial charge in [-0.25, -0.2) is 8.42 Å². The minimum atomic E-state index is -3.43. The number of fused-ring (bicyclic) bond motifs is 1. The third-order valence-corrected chi connectivity index (χ3v) is 8.11. The molecule has 0 spiro atoms. The van der Waals surface area contributed by atoms with Crippen molar-refractivity contribution in [1.82, 2.24) is 8.87 Å². The van der Waals surface area contributed by atoms with E-state index in [1.54, 1.807) is 11.8 Å². The van der Waals surface area contributed by atoms with Gasteiger partial charge in [-0.05, 0) is 50.1 Å². The summed E-state index contributed by atoms with van der Waals surface area (Å²) in [4.78, 5) is 18.1. The number of carbonyl (C=O) groups is 1. The van der Waals surface area contributed by atoms with E-state index < -0.39 is 16.1 Å². The van der Waals surface area contributed by atoms with Gasteiger partial charge in [-0.3, -0.25) is 4.79 Å². The number of amides is 1. The molecular weight excluding hydrogens is 414 g/mol. The highest BCUT2D eigenvalue weighted by Crippen LogP contribution is 2.25. The lowest BCUT2D eigenvalue weighted by atomic mass is 10.0. The van der Waals surface area contributed by atoms with Crippen LogP contribution in [0.2, 0.25) is 0 Å². The summed E-state index contributed by atoms with van der Waals surface area (Å²) >= 11 is 3.25. The second kappa shape index (κ2) is 8.69.